The van der Waals surface area contributed by atoms with Crippen molar-refractivity contribution < 1.29 is 40.1 Å². The number of hydrogen-bond acceptors (Lipinski definition) is 10. The van der Waals surface area contributed by atoms with Crippen molar-refractivity contribution in [2.45, 2.75) is 48.8 Å². The van der Waals surface area contributed by atoms with Gasteiger partial charge >= 0.3 is 0 Å². The minimum atomic E-state index is -1.36. The van der Waals surface area contributed by atoms with Crippen molar-refractivity contribution in [2.75, 3.05) is 13.2 Å². The van der Waals surface area contributed by atoms with E-state index in [2.05, 4.69) is 9.97 Å². The van der Waals surface area contributed by atoms with Gasteiger partial charge in [-0.05, 0) is 0 Å². The molecule has 24 heavy (non-hydrogen) atoms. The third-order valence-electron chi connectivity index (χ3n) is 4.28. The van der Waals surface area contributed by atoms with Crippen molar-refractivity contribution in [3.63, 3.8) is 0 Å². The summed E-state index contributed by atoms with van der Waals surface area (Å²) in [5.41, 5.74) is 0.478. The zero-order chi connectivity index (χ0) is 17.4. The first-order valence-corrected chi connectivity index (χ1v) is 7.53. The van der Waals surface area contributed by atoms with E-state index >= 15 is 0 Å². The summed E-state index contributed by atoms with van der Waals surface area (Å²) < 4.78 is 10.6. The topological polar surface area (TPSA) is 166 Å². The molecule has 10 heteroatoms. The lowest BCUT2D eigenvalue weighted by Gasteiger charge is -2.35. The second kappa shape index (κ2) is 6.94. The molecule has 0 saturated carbocycles. The van der Waals surface area contributed by atoms with Gasteiger partial charge in [0.1, 0.15) is 48.8 Å². The van der Waals surface area contributed by atoms with Gasteiger partial charge in [-0.2, -0.15) is 0 Å². The molecule has 3 rings (SSSR count). The van der Waals surface area contributed by atoms with Crippen LogP contribution >= 0.6 is 0 Å². The lowest BCUT2D eigenvalue weighted by molar-refractivity contribution is -0.191. The largest absolute Gasteiger partial charge is 0.388 e. The normalized spacial score (nSPS) is 43.6. The summed E-state index contributed by atoms with van der Waals surface area (Å²) in [5, 5.41) is 58.2. The first-order valence-electron chi connectivity index (χ1n) is 7.53. The van der Waals surface area contributed by atoms with Gasteiger partial charge in [-0.1, -0.05) is 0 Å². The highest BCUT2D eigenvalue weighted by Gasteiger charge is 2.41. The summed E-state index contributed by atoms with van der Waals surface area (Å²) in [6.45, 7) is -0.304. The molecule has 0 radical (unpaired) electrons. The second-order valence-electron chi connectivity index (χ2n) is 5.97. The Morgan fingerprint density at radius 3 is 1.38 bits per heavy atom. The van der Waals surface area contributed by atoms with Gasteiger partial charge in [0.15, 0.2) is 0 Å². The van der Waals surface area contributed by atoms with Gasteiger partial charge in [-0.15, -0.1) is 0 Å². The highest BCUT2D eigenvalue weighted by molar-refractivity contribution is 5.12. The van der Waals surface area contributed by atoms with Crippen LogP contribution in [0.4, 0.5) is 0 Å². The maximum Gasteiger partial charge on any atom is 0.130 e. The number of hydrogen-bond donors (Lipinski definition) is 6. The monoisotopic (exact) mass is 344 g/mol. The van der Waals surface area contributed by atoms with E-state index in [1.54, 1.807) is 0 Å². The molecule has 8 atom stereocenters. The van der Waals surface area contributed by atoms with Crippen molar-refractivity contribution in [1.82, 2.24) is 9.97 Å². The Bertz CT molecular complexity index is 509. The molecule has 1 aromatic rings. The average molecular weight is 344 g/mol. The third kappa shape index (κ3) is 3.15. The molecule has 0 spiro atoms. The second-order valence-corrected chi connectivity index (χ2v) is 5.97. The van der Waals surface area contributed by atoms with Crippen LogP contribution in [-0.2, 0) is 9.47 Å². The fraction of sp³-hybridized carbons (Fsp3) is 0.714. The number of aliphatic hydroxyl groups excluding tert-OH is 6. The van der Waals surface area contributed by atoms with Crippen molar-refractivity contribution >= 4 is 0 Å². The molecule has 134 valence electrons. The van der Waals surface area contributed by atoms with Crippen LogP contribution < -0.4 is 0 Å². The lowest BCUT2D eigenvalue weighted by atomic mass is 9.97. The minimum Gasteiger partial charge on any atom is -0.388 e. The van der Waals surface area contributed by atoms with Gasteiger partial charge in [0.05, 0.1) is 37.0 Å². The van der Waals surface area contributed by atoms with Gasteiger partial charge in [0.25, 0.3) is 0 Å². The van der Waals surface area contributed by atoms with Crippen molar-refractivity contribution in [3.05, 3.63) is 23.8 Å². The van der Waals surface area contributed by atoms with Crippen LogP contribution in [0.5, 0.6) is 0 Å². The van der Waals surface area contributed by atoms with Gasteiger partial charge < -0.3 is 40.1 Å². The molecule has 2 aliphatic rings. The molecular formula is C14H20N2O8. The van der Waals surface area contributed by atoms with E-state index in [1.807, 2.05) is 0 Å². The molecule has 3 heterocycles. The fourth-order valence-corrected chi connectivity index (χ4v) is 2.77. The van der Waals surface area contributed by atoms with Crippen LogP contribution in [0.15, 0.2) is 12.4 Å². The van der Waals surface area contributed by atoms with E-state index in [-0.39, 0.29) is 24.6 Å². The maximum atomic E-state index is 9.96. The van der Waals surface area contributed by atoms with Crippen molar-refractivity contribution in [2.24, 2.45) is 0 Å². The molecular weight excluding hydrogens is 324 g/mol. The zero-order valence-electron chi connectivity index (χ0n) is 12.6. The molecule has 2 aliphatic heterocycles. The standard InChI is InChI=1S/C14H20N2O8/c17-7-3-23-13(11(21)9(7)19)5-1-15-6(2-16-5)14-12(22)10(20)8(18)4-24-14/h1-2,7-14,17-22H,3-4H2/t7-,8-,9-,10-,11+,12+,13?,14?/m1/s1. The number of aliphatic hydroxyl groups is 6. The third-order valence-corrected chi connectivity index (χ3v) is 4.28. The zero-order valence-corrected chi connectivity index (χ0v) is 12.6. The van der Waals surface area contributed by atoms with Gasteiger partial charge in [-0.3, -0.25) is 9.97 Å². The Hall–Kier alpha value is -1.24. The number of ether oxygens (including phenoxy) is 2. The summed E-state index contributed by atoms with van der Waals surface area (Å²) in [4.78, 5) is 8.18. The van der Waals surface area contributed by atoms with E-state index in [9.17, 15) is 30.6 Å². The van der Waals surface area contributed by atoms with Gasteiger partial charge in [0.2, 0.25) is 0 Å². The first-order chi connectivity index (χ1) is 11.4. The molecule has 2 fully saturated rings. The summed E-state index contributed by atoms with van der Waals surface area (Å²) in [5.74, 6) is 0. The van der Waals surface area contributed by atoms with Crippen LogP contribution in [-0.4, -0.2) is 90.4 Å². The van der Waals surface area contributed by atoms with Crippen LogP contribution in [0.2, 0.25) is 0 Å². The lowest BCUT2D eigenvalue weighted by Crippen LogP contribution is -2.49. The van der Waals surface area contributed by atoms with Gasteiger partial charge in [0, 0.05) is 0 Å². The molecule has 0 amide bonds. The molecule has 2 unspecified atom stereocenters. The summed E-state index contributed by atoms with van der Waals surface area (Å²) >= 11 is 0. The molecule has 0 aliphatic carbocycles. The van der Waals surface area contributed by atoms with Crippen LogP contribution in [0.1, 0.15) is 23.6 Å². The molecule has 6 N–H and O–H groups in total. The van der Waals surface area contributed by atoms with E-state index < -0.39 is 48.8 Å². The Kier molecular flexibility index (Phi) is 5.08. The number of nitrogens with zero attached hydrogens (tertiary/aromatic N) is 2. The molecule has 1 aromatic heterocycles. The number of rotatable bonds is 2. The summed E-state index contributed by atoms with van der Waals surface area (Å²) in [6, 6.07) is 0. The maximum absolute atomic E-state index is 9.96. The van der Waals surface area contributed by atoms with E-state index in [0.717, 1.165) is 0 Å². The predicted molar refractivity (Wildman–Crippen MR) is 75.5 cm³/mol. The highest BCUT2D eigenvalue weighted by Crippen LogP contribution is 2.30. The Morgan fingerprint density at radius 1 is 0.667 bits per heavy atom. The summed E-state index contributed by atoms with van der Waals surface area (Å²) in [7, 11) is 0. The average Bonchev–Trinajstić information content (AvgIpc) is 2.58. The molecule has 0 aromatic carbocycles. The summed E-state index contributed by atoms with van der Waals surface area (Å²) in [6.07, 6.45) is -7.10. The minimum absolute atomic E-state index is 0.152. The van der Waals surface area contributed by atoms with Crippen LogP contribution in [0.3, 0.4) is 0 Å². The van der Waals surface area contributed by atoms with Crippen LogP contribution in [0, 0.1) is 0 Å². The van der Waals surface area contributed by atoms with E-state index in [4.69, 9.17) is 9.47 Å². The first kappa shape index (κ1) is 17.6. The quantitative estimate of drug-likeness (QED) is 0.321. The Labute approximate surface area is 137 Å². The van der Waals surface area contributed by atoms with E-state index in [0.29, 0.717) is 0 Å². The van der Waals surface area contributed by atoms with Gasteiger partial charge in [-0.25, -0.2) is 0 Å². The highest BCUT2D eigenvalue weighted by atomic mass is 16.5. The SMILES string of the molecule is O[C@@H]1[C@H](O)COC(c2cnc(C3OC[C@@H](O)[C@@H](O)[C@@H]3O)cn2)[C@H]1O. The fourth-order valence-electron chi connectivity index (χ4n) is 2.77. The predicted octanol–water partition coefficient (Wildman–Crippen LogP) is -3.22. The Balaban J connectivity index is 1.74. The molecule has 10 nitrogen and oxygen atoms in total. The van der Waals surface area contributed by atoms with E-state index in [1.165, 1.54) is 12.4 Å². The molecule has 2 saturated heterocycles. The van der Waals surface area contributed by atoms with Crippen molar-refractivity contribution in [3.8, 4) is 0 Å². The Morgan fingerprint density at radius 2 is 1.04 bits per heavy atom. The van der Waals surface area contributed by atoms with Crippen molar-refractivity contribution in [1.29, 1.82) is 0 Å². The smallest absolute Gasteiger partial charge is 0.130 e. The van der Waals surface area contributed by atoms with Crippen LogP contribution in [0.25, 0.3) is 0 Å². The molecule has 0 bridgehead atoms. The number of aromatic nitrogens is 2.